The fraction of sp³-hybridized carbons (Fsp3) is 0.400. The molecule has 1 saturated heterocycles. The minimum absolute atomic E-state index is 0.193. The van der Waals surface area contributed by atoms with Crippen LogP contribution in [0.2, 0.25) is 0 Å². The Morgan fingerprint density at radius 3 is 2.38 bits per heavy atom. The highest BCUT2D eigenvalue weighted by Gasteiger charge is 2.23. The van der Waals surface area contributed by atoms with Crippen LogP contribution in [-0.4, -0.2) is 48.7 Å². The lowest BCUT2D eigenvalue weighted by Crippen LogP contribution is -2.30. The van der Waals surface area contributed by atoms with Crippen molar-refractivity contribution >= 4 is 22.8 Å². The van der Waals surface area contributed by atoms with Crippen molar-refractivity contribution in [3.8, 4) is 11.5 Å². The van der Waals surface area contributed by atoms with E-state index in [2.05, 4.69) is 15.2 Å². The number of nitrogens with one attached hydrogen (secondary N) is 1. The number of amides is 1. The fourth-order valence-electron chi connectivity index (χ4n) is 3.95. The van der Waals surface area contributed by atoms with E-state index in [9.17, 15) is 4.79 Å². The third-order valence-electron chi connectivity index (χ3n) is 5.48. The number of carbonyl (C=O) groups excluding carboxylic acids is 1. The summed E-state index contributed by atoms with van der Waals surface area (Å²) < 4.78 is 11.3. The molecule has 0 spiro atoms. The van der Waals surface area contributed by atoms with Crippen molar-refractivity contribution in [2.45, 2.75) is 33.1 Å². The predicted octanol–water partition coefficient (Wildman–Crippen LogP) is 4.00. The summed E-state index contributed by atoms with van der Waals surface area (Å²) >= 11 is 0. The molecule has 1 fully saturated rings. The Bertz CT molecular complexity index is 1080. The second-order valence-corrected chi connectivity index (χ2v) is 7.73. The van der Waals surface area contributed by atoms with E-state index in [0.717, 1.165) is 54.0 Å². The fourth-order valence-corrected chi connectivity index (χ4v) is 3.95. The lowest BCUT2D eigenvalue weighted by atomic mass is 10.1. The van der Waals surface area contributed by atoms with Crippen LogP contribution in [0.15, 0.2) is 42.5 Å². The van der Waals surface area contributed by atoms with Crippen LogP contribution < -0.4 is 19.7 Å². The highest BCUT2D eigenvalue weighted by molar-refractivity contribution is 5.99. The van der Waals surface area contributed by atoms with Gasteiger partial charge >= 0.3 is 0 Å². The molecule has 0 saturated carbocycles. The number of hydrogen-bond acceptors (Lipinski definition) is 6. The van der Waals surface area contributed by atoms with Crippen molar-refractivity contribution in [2.75, 3.05) is 37.7 Å². The molecule has 0 aliphatic carbocycles. The first-order valence-electron chi connectivity index (χ1n) is 11.4. The molecular weight excluding hydrogens is 404 g/mol. The number of aromatic nitrogens is 2. The summed E-state index contributed by atoms with van der Waals surface area (Å²) in [5.74, 6) is 1.96. The smallest absolute Gasteiger partial charge is 0.273 e. The minimum atomic E-state index is -0.193. The molecule has 1 aliphatic rings. The van der Waals surface area contributed by atoms with E-state index < -0.39 is 0 Å². The van der Waals surface area contributed by atoms with Gasteiger partial charge in [0.2, 0.25) is 0 Å². The number of fused-ring (bicyclic) bond motifs is 1. The van der Waals surface area contributed by atoms with Gasteiger partial charge in [-0.3, -0.25) is 4.79 Å². The highest BCUT2D eigenvalue weighted by atomic mass is 16.5. The van der Waals surface area contributed by atoms with E-state index in [1.54, 1.807) is 0 Å². The minimum Gasteiger partial charge on any atom is -0.490 e. The molecule has 0 atom stereocenters. The largest absolute Gasteiger partial charge is 0.490 e. The van der Waals surface area contributed by atoms with E-state index in [0.29, 0.717) is 37.7 Å². The Balaban J connectivity index is 1.48. The Kier molecular flexibility index (Phi) is 7.04. The third kappa shape index (κ3) is 4.93. The molecule has 1 amide bonds. The van der Waals surface area contributed by atoms with E-state index >= 15 is 0 Å². The third-order valence-corrected chi connectivity index (χ3v) is 5.48. The van der Waals surface area contributed by atoms with Gasteiger partial charge in [-0.15, -0.1) is 0 Å². The van der Waals surface area contributed by atoms with Gasteiger partial charge in [0.25, 0.3) is 5.91 Å². The molecule has 0 radical (unpaired) electrons. The molecule has 4 rings (SSSR count). The maximum absolute atomic E-state index is 13.1. The Morgan fingerprint density at radius 1 is 0.969 bits per heavy atom. The standard InChI is InChI=1S/C25H30N4O3/c1-3-31-21-12-11-18(17-22(21)32-4-2)13-14-26-25(30)23-24(29-15-7-8-16-29)28-20-10-6-5-9-19(20)27-23/h5-6,9-12,17H,3-4,7-8,13-16H2,1-2H3,(H,26,30). The normalized spacial score (nSPS) is 13.4. The van der Waals surface area contributed by atoms with Gasteiger partial charge < -0.3 is 19.7 Å². The van der Waals surface area contributed by atoms with Gasteiger partial charge in [0, 0.05) is 19.6 Å². The lowest BCUT2D eigenvalue weighted by Gasteiger charge is -2.19. The van der Waals surface area contributed by atoms with Crippen LogP contribution in [0.25, 0.3) is 11.0 Å². The Hall–Kier alpha value is -3.35. The van der Waals surface area contributed by atoms with Gasteiger partial charge in [-0.05, 0) is 62.9 Å². The molecule has 7 nitrogen and oxygen atoms in total. The summed E-state index contributed by atoms with van der Waals surface area (Å²) in [6.07, 6.45) is 2.89. The maximum Gasteiger partial charge on any atom is 0.273 e. The SMILES string of the molecule is CCOc1ccc(CCNC(=O)c2nc3ccccc3nc2N2CCCC2)cc1OCC. The molecule has 0 bridgehead atoms. The van der Waals surface area contributed by atoms with Crippen LogP contribution in [0.4, 0.5) is 5.82 Å². The van der Waals surface area contributed by atoms with Crippen LogP contribution in [-0.2, 0) is 6.42 Å². The summed E-state index contributed by atoms with van der Waals surface area (Å²) in [6.45, 7) is 7.35. The molecule has 7 heteroatoms. The van der Waals surface area contributed by atoms with Crippen molar-refractivity contribution < 1.29 is 14.3 Å². The lowest BCUT2D eigenvalue weighted by molar-refractivity contribution is 0.0949. The molecule has 1 N–H and O–H groups in total. The Labute approximate surface area is 188 Å². The van der Waals surface area contributed by atoms with E-state index in [4.69, 9.17) is 14.5 Å². The Morgan fingerprint density at radius 2 is 1.66 bits per heavy atom. The monoisotopic (exact) mass is 434 g/mol. The summed E-state index contributed by atoms with van der Waals surface area (Å²) in [7, 11) is 0. The number of para-hydroxylation sites is 2. The summed E-state index contributed by atoms with van der Waals surface area (Å²) in [6, 6.07) is 13.6. The molecular formula is C25H30N4O3. The summed E-state index contributed by atoms with van der Waals surface area (Å²) in [5.41, 5.74) is 3.01. The molecule has 0 unspecified atom stereocenters. The van der Waals surface area contributed by atoms with Gasteiger partial charge in [-0.25, -0.2) is 9.97 Å². The van der Waals surface area contributed by atoms with E-state index in [-0.39, 0.29) is 5.91 Å². The number of ether oxygens (including phenoxy) is 2. The number of nitrogens with zero attached hydrogens (tertiary/aromatic N) is 3. The van der Waals surface area contributed by atoms with Crippen molar-refractivity contribution in [1.82, 2.24) is 15.3 Å². The summed E-state index contributed by atoms with van der Waals surface area (Å²) in [4.78, 5) is 24.7. The number of rotatable bonds is 9. The maximum atomic E-state index is 13.1. The zero-order valence-electron chi connectivity index (χ0n) is 18.8. The number of hydrogen-bond donors (Lipinski definition) is 1. The van der Waals surface area contributed by atoms with Gasteiger partial charge in [-0.1, -0.05) is 18.2 Å². The van der Waals surface area contributed by atoms with Gasteiger partial charge in [0.1, 0.15) is 0 Å². The van der Waals surface area contributed by atoms with Crippen LogP contribution in [0.3, 0.4) is 0 Å². The highest BCUT2D eigenvalue weighted by Crippen LogP contribution is 2.29. The number of carbonyl (C=O) groups is 1. The first kappa shape index (κ1) is 21.9. The van der Waals surface area contributed by atoms with Crippen molar-refractivity contribution in [2.24, 2.45) is 0 Å². The molecule has 2 aromatic carbocycles. The van der Waals surface area contributed by atoms with Gasteiger partial charge in [0.05, 0.1) is 24.2 Å². The van der Waals surface area contributed by atoms with E-state index in [1.807, 2.05) is 56.3 Å². The van der Waals surface area contributed by atoms with Crippen molar-refractivity contribution in [3.05, 3.63) is 53.7 Å². The first-order valence-corrected chi connectivity index (χ1v) is 11.4. The average molecular weight is 435 g/mol. The van der Waals surface area contributed by atoms with Gasteiger partial charge in [-0.2, -0.15) is 0 Å². The van der Waals surface area contributed by atoms with Crippen LogP contribution in [0.1, 0.15) is 42.7 Å². The molecule has 1 aromatic heterocycles. The molecule has 2 heterocycles. The molecule has 3 aromatic rings. The zero-order chi connectivity index (χ0) is 22.3. The topological polar surface area (TPSA) is 76.6 Å². The van der Waals surface area contributed by atoms with Crippen LogP contribution in [0, 0.1) is 0 Å². The predicted molar refractivity (Wildman–Crippen MR) is 126 cm³/mol. The molecule has 1 aliphatic heterocycles. The number of anilines is 1. The summed E-state index contributed by atoms with van der Waals surface area (Å²) in [5, 5.41) is 3.03. The zero-order valence-corrected chi connectivity index (χ0v) is 18.8. The second-order valence-electron chi connectivity index (χ2n) is 7.73. The van der Waals surface area contributed by atoms with Crippen LogP contribution >= 0.6 is 0 Å². The van der Waals surface area contributed by atoms with Crippen LogP contribution in [0.5, 0.6) is 11.5 Å². The quantitative estimate of drug-likeness (QED) is 0.549. The van der Waals surface area contributed by atoms with Crippen molar-refractivity contribution in [3.63, 3.8) is 0 Å². The number of benzene rings is 2. The first-order chi connectivity index (χ1) is 15.7. The average Bonchev–Trinajstić information content (AvgIpc) is 3.35. The second kappa shape index (κ2) is 10.3. The molecule has 168 valence electrons. The van der Waals surface area contributed by atoms with E-state index in [1.165, 1.54) is 0 Å². The van der Waals surface area contributed by atoms with Gasteiger partial charge in [0.15, 0.2) is 23.0 Å². The van der Waals surface area contributed by atoms with Crippen molar-refractivity contribution in [1.29, 1.82) is 0 Å². The molecule has 32 heavy (non-hydrogen) atoms.